The number of nitrogens with zero attached hydrogens (tertiary/aromatic N) is 2. The van der Waals surface area contributed by atoms with E-state index < -0.39 is 0 Å². The molecule has 1 heterocycles. The summed E-state index contributed by atoms with van der Waals surface area (Å²) >= 11 is 0. The van der Waals surface area contributed by atoms with E-state index in [1.165, 1.54) is 0 Å². The third-order valence-corrected chi connectivity index (χ3v) is 2.02. The molecule has 0 aliphatic heterocycles. The van der Waals surface area contributed by atoms with Gasteiger partial charge in [0.1, 0.15) is 5.82 Å². The standard InChI is InChI=1S/C9H17N3O/c1-4-5-7-10-8(12-11-7)9(2,3)6-13/h13H,4-6H2,1-3H3,(H,10,11,12). The Morgan fingerprint density at radius 3 is 2.69 bits per heavy atom. The molecule has 74 valence electrons. The summed E-state index contributed by atoms with van der Waals surface area (Å²) in [6.07, 6.45) is 1.96. The molecule has 0 aliphatic rings. The first kappa shape index (κ1) is 10.2. The third-order valence-electron chi connectivity index (χ3n) is 2.02. The van der Waals surface area contributed by atoms with Gasteiger partial charge in [0.05, 0.1) is 6.61 Å². The van der Waals surface area contributed by atoms with Gasteiger partial charge in [-0.1, -0.05) is 20.8 Å². The van der Waals surface area contributed by atoms with Crippen molar-refractivity contribution in [3.63, 3.8) is 0 Å². The molecule has 0 spiro atoms. The Hall–Kier alpha value is -0.900. The second kappa shape index (κ2) is 3.87. The van der Waals surface area contributed by atoms with Crippen LogP contribution < -0.4 is 0 Å². The highest BCUT2D eigenvalue weighted by molar-refractivity contribution is 5.04. The van der Waals surface area contributed by atoms with Crippen LogP contribution in [-0.2, 0) is 11.8 Å². The van der Waals surface area contributed by atoms with Crippen molar-refractivity contribution in [1.29, 1.82) is 0 Å². The molecule has 0 saturated heterocycles. The molecule has 0 fully saturated rings. The van der Waals surface area contributed by atoms with Gasteiger partial charge in [0.2, 0.25) is 0 Å². The van der Waals surface area contributed by atoms with Crippen molar-refractivity contribution in [2.45, 2.75) is 39.0 Å². The summed E-state index contributed by atoms with van der Waals surface area (Å²) in [5.74, 6) is 1.59. The second-order valence-electron chi connectivity index (χ2n) is 3.90. The maximum absolute atomic E-state index is 9.09. The number of aromatic amines is 1. The number of rotatable bonds is 4. The normalized spacial score (nSPS) is 12.0. The van der Waals surface area contributed by atoms with Crippen molar-refractivity contribution in [2.75, 3.05) is 6.61 Å². The predicted molar refractivity (Wildman–Crippen MR) is 50.5 cm³/mol. The van der Waals surface area contributed by atoms with E-state index in [0.29, 0.717) is 5.82 Å². The summed E-state index contributed by atoms with van der Waals surface area (Å²) in [7, 11) is 0. The molecule has 0 aliphatic carbocycles. The fourth-order valence-electron chi connectivity index (χ4n) is 1.02. The highest BCUT2D eigenvalue weighted by Gasteiger charge is 2.24. The van der Waals surface area contributed by atoms with Gasteiger partial charge in [-0.2, -0.15) is 5.10 Å². The van der Waals surface area contributed by atoms with Gasteiger partial charge < -0.3 is 5.11 Å². The fourth-order valence-corrected chi connectivity index (χ4v) is 1.02. The number of H-pyrrole nitrogens is 1. The molecule has 1 rings (SSSR count). The summed E-state index contributed by atoms with van der Waals surface area (Å²) in [6.45, 7) is 6.01. The number of hydrogen-bond donors (Lipinski definition) is 2. The van der Waals surface area contributed by atoms with E-state index in [4.69, 9.17) is 5.11 Å². The monoisotopic (exact) mass is 183 g/mol. The topological polar surface area (TPSA) is 61.8 Å². The van der Waals surface area contributed by atoms with Gasteiger partial charge in [-0.3, -0.25) is 5.10 Å². The Kier molecular flexibility index (Phi) is 3.03. The molecule has 0 amide bonds. The average molecular weight is 183 g/mol. The van der Waals surface area contributed by atoms with Gasteiger partial charge in [-0.05, 0) is 6.42 Å². The molecule has 0 radical (unpaired) electrons. The van der Waals surface area contributed by atoms with Crippen LogP contribution in [0.5, 0.6) is 0 Å². The number of hydrogen-bond acceptors (Lipinski definition) is 3. The van der Waals surface area contributed by atoms with Crippen LogP contribution in [0.25, 0.3) is 0 Å². The van der Waals surface area contributed by atoms with E-state index in [0.717, 1.165) is 18.7 Å². The zero-order valence-electron chi connectivity index (χ0n) is 8.46. The molecular formula is C9H17N3O. The fraction of sp³-hybridized carbons (Fsp3) is 0.778. The highest BCUT2D eigenvalue weighted by atomic mass is 16.3. The minimum absolute atomic E-state index is 0.0659. The molecule has 4 heteroatoms. The van der Waals surface area contributed by atoms with Crippen molar-refractivity contribution in [2.24, 2.45) is 0 Å². The van der Waals surface area contributed by atoms with E-state index in [1.807, 2.05) is 13.8 Å². The average Bonchev–Trinajstić information content (AvgIpc) is 2.54. The van der Waals surface area contributed by atoms with E-state index in [-0.39, 0.29) is 12.0 Å². The molecule has 1 aromatic heterocycles. The van der Waals surface area contributed by atoms with E-state index in [9.17, 15) is 0 Å². The summed E-state index contributed by atoms with van der Waals surface area (Å²) in [5.41, 5.74) is -0.345. The molecule has 0 aromatic carbocycles. The number of aliphatic hydroxyl groups is 1. The first-order valence-electron chi connectivity index (χ1n) is 4.62. The van der Waals surface area contributed by atoms with E-state index >= 15 is 0 Å². The lowest BCUT2D eigenvalue weighted by Crippen LogP contribution is -2.23. The number of aliphatic hydroxyl groups excluding tert-OH is 1. The second-order valence-corrected chi connectivity index (χ2v) is 3.90. The van der Waals surface area contributed by atoms with Crippen LogP contribution in [0.15, 0.2) is 0 Å². The number of aromatic nitrogens is 3. The minimum atomic E-state index is -0.345. The van der Waals surface area contributed by atoms with Crippen LogP contribution in [0.1, 0.15) is 38.8 Å². The van der Waals surface area contributed by atoms with Crippen LogP contribution in [0.2, 0.25) is 0 Å². The summed E-state index contributed by atoms with van der Waals surface area (Å²) in [5, 5.41) is 16.0. The van der Waals surface area contributed by atoms with Gasteiger partial charge >= 0.3 is 0 Å². The Morgan fingerprint density at radius 1 is 1.46 bits per heavy atom. The maximum Gasteiger partial charge on any atom is 0.158 e. The molecule has 4 nitrogen and oxygen atoms in total. The SMILES string of the molecule is CCCc1nc(C(C)(C)CO)n[nH]1. The molecule has 13 heavy (non-hydrogen) atoms. The smallest absolute Gasteiger partial charge is 0.158 e. The maximum atomic E-state index is 9.09. The Bertz CT molecular complexity index is 268. The van der Waals surface area contributed by atoms with E-state index in [1.54, 1.807) is 0 Å². The first-order chi connectivity index (χ1) is 6.10. The van der Waals surface area contributed by atoms with Crippen LogP contribution in [-0.4, -0.2) is 26.9 Å². The lowest BCUT2D eigenvalue weighted by Gasteiger charge is -2.16. The lowest BCUT2D eigenvalue weighted by atomic mass is 9.94. The zero-order chi connectivity index (χ0) is 9.90. The summed E-state index contributed by atoms with van der Waals surface area (Å²) in [4.78, 5) is 4.32. The molecule has 0 saturated carbocycles. The highest BCUT2D eigenvalue weighted by Crippen LogP contribution is 2.17. The third kappa shape index (κ3) is 2.28. The molecule has 0 atom stereocenters. The molecule has 1 aromatic rings. The van der Waals surface area contributed by atoms with Crippen molar-refractivity contribution < 1.29 is 5.11 Å². The van der Waals surface area contributed by atoms with Gasteiger partial charge in [0.15, 0.2) is 5.82 Å². The summed E-state index contributed by atoms with van der Waals surface area (Å²) in [6, 6.07) is 0. The Balaban J connectivity index is 2.79. The van der Waals surface area contributed by atoms with Crippen LogP contribution in [0, 0.1) is 0 Å². The van der Waals surface area contributed by atoms with Gasteiger partial charge in [0, 0.05) is 11.8 Å². The predicted octanol–water partition coefficient (Wildman–Crippen LogP) is 1.03. The molecular weight excluding hydrogens is 166 g/mol. The van der Waals surface area contributed by atoms with E-state index in [2.05, 4.69) is 22.1 Å². The number of aryl methyl sites for hydroxylation is 1. The van der Waals surface area contributed by atoms with Crippen molar-refractivity contribution in [1.82, 2.24) is 15.2 Å². The largest absolute Gasteiger partial charge is 0.395 e. The minimum Gasteiger partial charge on any atom is -0.395 e. The van der Waals surface area contributed by atoms with Crippen LogP contribution in [0.3, 0.4) is 0 Å². The Morgan fingerprint density at radius 2 is 2.15 bits per heavy atom. The zero-order valence-corrected chi connectivity index (χ0v) is 8.46. The first-order valence-corrected chi connectivity index (χ1v) is 4.62. The lowest BCUT2D eigenvalue weighted by molar-refractivity contribution is 0.212. The van der Waals surface area contributed by atoms with Crippen molar-refractivity contribution in [3.8, 4) is 0 Å². The quantitative estimate of drug-likeness (QED) is 0.732. The summed E-state index contributed by atoms with van der Waals surface area (Å²) < 4.78 is 0. The van der Waals surface area contributed by atoms with Gasteiger partial charge in [0.25, 0.3) is 0 Å². The molecule has 2 N–H and O–H groups in total. The van der Waals surface area contributed by atoms with Crippen molar-refractivity contribution in [3.05, 3.63) is 11.6 Å². The Labute approximate surface area is 78.4 Å². The van der Waals surface area contributed by atoms with Crippen LogP contribution >= 0.6 is 0 Å². The molecule has 0 bridgehead atoms. The number of nitrogens with one attached hydrogen (secondary N) is 1. The van der Waals surface area contributed by atoms with Crippen molar-refractivity contribution >= 4 is 0 Å². The van der Waals surface area contributed by atoms with Gasteiger partial charge in [-0.15, -0.1) is 0 Å². The van der Waals surface area contributed by atoms with Gasteiger partial charge in [-0.25, -0.2) is 4.98 Å². The molecule has 0 unspecified atom stereocenters. The van der Waals surface area contributed by atoms with Crippen LogP contribution in [0.4, 0.5) is 0 Å².